The lowest BCUT2D eigenvalue weighted by atomic mass is 10.1. The third kappa shape index (κ3) is 1.90. The highest BCUT2D eigenvalue weighted by Crippen LogP contribution is 2.37. The molecule has 0 bridgehead atoms. The maximum atomic E-state index is 10.2. The Hall–Kier alpha value is -1.13. The molecule has 1 saturated carbocycles. The van der Waals surface area contributed by atoms with E-state index in [4.69, 9.17) is 0 Å². The molecule has 2 aromatic heterocycles. The van der Waals surface area contributed by atoms with Crippen molar-refractivity contribution in [3.63, 3.8) is 0 Å². The first-order valence-electron chi connectivity index (χ1n) is 5.55. The third-order valence-corrected chi connectivity index (χ3v) is 3.72. The summed E-state index contributed by atoms with van der Waals surface area (Å²) in [5.74, 6) is 0. The molecule has 0 radical (unpaired) electrons. The van der Waals surface area contributed by atoms with Gasteiger partial charge >= 0.3 is 0 Å². The first-order chi connectivity index (χ1) is 7.84. The molecule has 16 heavy (non-hydrogen) atoms. The van der Waals surface area contributed by atoms with Crippen LogP contribution in [0.2, 0.25) is 0 Å². The summed E-state index contributed by atoms with van der Waals surface area (Å²) in [5.41, 5.74) is 2.15. The minimum absolute atomic E-state index is 0.433. The monoisotopic (exact) mass is 234 g/mol. The molecular weight excluding hydrogens is 220 g/mol. The van der Waals surface area contributed by atoms with Crippen molar-refractivity contribution in [2.24, 2.45) is 0 Å². The maximum absolute atomic E-state index is 10.2. The van der Waals surface area contributed by atoms with Crippen molar-refractivity contribution >= 4 is 11.3 Å². The SMILES string of the molecule is OC(Cc1ccsc1)c1cncn1C1CC1. The average Bonchev–Trinajstić information content (AvgIpc) is 2.82. The molecule has 1 unspecified atom stereocenters. The number of hydrogen-bond acceptors (Lipinski definition) is 3. The van der Waals surface area contributed by atoms with Crippen LogP contribution in [0.1, 0.15) is 36.2 Å². The van der Waals surface area contributed by atoms with E-state index in [1.807, 2.05) is 11.7 Å². The topological polar surface area (TPSA) is 38.1 Å². The molecule has 2 aromatic rings. The number of aliphatic hydroxyl groups excluding tert-OH is 1. The van der Waals surface area contributed by atoms with Crippen molar-refractivity contribution in [2.75, 3.05) is 0 Å². The van der Waals surface area contributed by atoms with Crippen LogP contribution in [0.25, 0.3) is 0 Å². The van der Waals surface area contributed by atoms with E-state index in [2.05, 4.69) is 21.0 Å². The van der Waals surface area contributed by atoms with Crippen LogP contribution in [0, 0.1) is 0 Å². The Morgan fingerprint density at radius 3 is 3.12 bits per heavy atom. The van der Waals surface area contributed by atoms with Crippen LogP contribution < -0.4 is 0 Å². The van der Waals surface area contributed by atoms with Crippen molar-refractivity contribution < 1.29 is 5.11 Å². The van der Waals surface area contributed by atoms with E-state index in [0.717, 1.165) is 5.69 Å². The lowest BCUT2D eigenvalue weighted by Gasteiger charge is -2.12. The molecule has 0 spiro atoms. The summed E-state index contributed by atoms with van der Waals surface area (Å²) in [6.45, 7) is 0. The molecule has 0 saturated heterocycles. The second-order valence-electron chi connectivity index (χ2n) is 4.31. The lowest BCUT2D eigenvalue weighted by Crippen LogP contribution is -2.07. The molecular formula is C12H14N2OS. The second-order valence-corrected chi connectivity index (χ2v) is 5.09. The van der Waals surface area contributed by atoms with Crippen molar-refractivity contribution in [3.05, 3.63) is 40.6 Å². The quantitative estimate of drug-likeness (QED) is 0.883. The van der Waals surface area contributed by atoms with E-state index in [1.54, 1.807) is 17.5 Å². The summed E-state index contributed by atoms with van der Waals surface area (Å²) >= 11 is 1.67. The molecule has 1 aliphatic rings. The van der Waals surface area contributed by atoms with Gasteiger partial charge in [-0.05, 0) is 35.2 Å². The van der Waals surface area contributed by atoms with Gasteiger partial charge in [-0.2, -0.15) is 11.3 Å². The Kier molecular flexibility index (Phi) is 2.53. The predicted molar refractivity (Wildman–Crippen MR) is 63.5 cm³/mol. The van der Waals surface area contributed by atoms with Gasteiger partial charge in [-0.1, -0.05) is 0 Å². The first-order valence-corrected chi connectivity index (χ1v) is 6.50. The van der Waals surface area contributed by atoms with E-state index in [1.165, 1.54) is 18.4 Å². The summed E-state index contributed by atoms with van der Waals surface area (Å²) < 4.78 is 2.12. The molecule has 1 fully saturated rings. The van der Waals surface area contributed by atoms with Gasteiger partial charge in [-0.15, -0.1) is 0 Å². The van der Waals surface area contributed by atoms with Gasteiger partial charge < -0.3 is 9.67 Å². The molecule has 1 atom stereocenters. The number of nitrogens with zero attached hydrogens (tertiary/aromatic N) is 2. The van der Waals surface area contributed by atoms with Crippen LogP contribution in [-0.4, -0.2) is 14.7 Å². The summed E-state index contributed by atoms with van der Waals surface area (Å²) in [5, 5.41) is 14.3. The minimum atomic E-state index is -0.433. The Morgan fingerprint density at radius 2 is 2.44 bits per heavy atom. The lowest BCUT2D eigenvalue weighted by molar-refractivity contribution is 0.168. The largest absolute Gasteiger partial charge is 0.386 e. The minimum Gasteiger partial charge on any atom is -0.386 e. The normalized spacial score (nSPS) is 17.6. The Morgan fingerprint density at radius 1 is 1.56 bits per heavy atom. The van der Waals surface area contributed by atoms with Gasteiger partial charge in [0.2, 0.25) is 0 Å². The smallest absolute Gasteiger partial charge is 0.0996 e. The highest BCUT2D eigenvalue weighted by Gasteiger charge is 2.27. The molecule has 0 amide bonds. The summed E-state index contributed by atoms with van der Waals surface area (Å²) in [7, 11) is 0. The summed E-state index contributed by atoms with van der Waals surface area (Å²) in [4.78, 5) is 4.14. The van der Waals surface area contributed by atoms with Crippen molar-refractivity contribution in [3.8, 4) is 0 Å². The molecule has 3 rings (SSSR count). The van der Waals surface area contributed by atoms with E-state index >= 15 is 0 Å². The molecule has 3 nitrogen and oxygen atoms in total. The van der Waals surface area contributed by atoms with Crippen molar-refractivity contribution in [2.45, 2.75) is 31.4 Å². The van der Waals surface area contributed by atoms with E-state index in [-0.39, 0.29) is 0 Å². The van der Waals surface area contributed by atoms with Crippen LogP contribution in [0.5, 0.6) is 0 Å². The Labute approximate surface area is 98.4 Å². The van der Waals surface area contributed by atoms with Crippen LogP contribution in [0.4, 0.5) is 0 Å². The van der Waals surface area contributed by atoms with Gasteiger partial charge in [0.15, 0.2) is 0 Å². The van der Waals surface area contributed by atoms with E-state index in [9.17, 15) is 5.11 Å². The van der Waals surface area contributed by atoms with Crippen LogP contribution in [0.15, 0.2) is 29.4 Å². The number of hydrogen-bond donors (Lipinski definition) is 1. The number of aromatic nitrogens is 2. The van der Waals surface area contributed by atoms with Gasteiger partial charge in [-0.25, -0.2) is 4.98 Å². The number of aliphatic hydroxyl groups is 1. The summed E-state index contributed by atoms with van der Waals surface area (Å²) in [6.07, 6.45) is 6.31. The third-order valence-electron chi connectivity index (χ3n) is 2.99. The fourth-order valence-electron chi connectivity index (χ4n) is 1.97. The van der Waals surface area contributed by atoms with Crippen LogP contribution >= 0.6 is 11.3 Å². The van der Waals surface area contributed by atoms with Crippen molar-refractivity contribution in [1.82, 2.24) is 9.55 Å². The van der Waals surface area contributed by atoms with E-state index in [0.29, 0.717) is 12.5 Å². The molecule has 84 valence electrons. The Bertz CT molecular complexity index is 459. The fourth-order valence-corrected chi connectivity index (χ4v) is 2.65. The molecule has 0 aromatic carbocycles. The zero-order valence-electron chi connectivity index (χ0n) is 8.91. The predicted octanol–water partition coefficient (Wildman–Crippen LogP) is 2.56. The zero-order chi connectivity index (χ0) is 11.0. The fraction of sp³-hybridized carbons (Fsp3) is 0.417. The second kappa shape index (κ2) is 4.03. The number of imidazole rings is 1. The molecule has 0 aliphatic heterocycles. The molecule has 2 heterocycles. The molecule has 1 aliphatic carbocycles. The Balaban J connectivity index is 1.78. The highest BCUT2D eigenvalue weighted by atomic mass is 32.1. The average molecular weight is 234 g/mol. The number of thiophene rings is 1. The van der Waals surface area contributed by atoms with Crippen molar-refractivity contribution in [1.29, 1.82) is 0 Å². The standard InChI is InChI=1S/C12H14N2OS/c15-12(5-9-3-4-16-7-9)11-6-13-8-14(11)10-1-2-10/h3-4,6-8,10,12,15H,1-2,5H2. The van der Waals surface area contributed by atoms with Gasteiger partial charge in [0, 0.05) is 12.5 Å². The number of rotatable bonds is 4. The van der Waals surface area contributed by atoms with Gasteiger partial charge in [-0.3, -0.25) is 0 Å². The van der Waals surface area contributed by atoms with Crippen LogP contribution in [-0.2, 0) is 6.42 Å². The zero-order valence-corrected chi connectivity index (χ0v) is 9.73. The molecule has 4 heteroatoms. The van der Waals surface area contributed by atoms with E-state index < -0.39 is 6.10 Å². The highest BCUT2D eigenvalue weighted by molar-refractivity contribution is 7.07. The van der Waals surface area contributed by atoms with Gasteiger partial charge in [0.1, 0.15) is 0 Å². The maximum Gasteiger partial charge on any atom is 0.0996 e. The van der Waals surface area contributed by atoms with Gasteiger partial charge in [0.25, 0.3) is 0 Å². The van der Waals surface area contributed by atoms with Gasteiger partial charge in [0.05, 0.1) is 24.3 Å². The van der Waals surface area contributed by atoms with Crippen LogP contribution in [0.3, 0.4) is 0 Å². The summed E-state index contributed by atoms with van der Waals surface area (Å²) in [6, 6.07) is 2.64. The first kappa shape index (κ1) is 10.1. The molecule has 1 N–H and O–H groups in total.